The van der Waals surface area contributed by atoms with Crippen LogP contribution in [-0.4, -0.2) is 31.8 Å². The largest absolute Gasteiger partial charge is 0.497 e. The fourth-order valence-electron chi connectivity index (χ4n) is 4.00. The first-order valence-corrected chi connectivity index (χ1v) is 14.6. The Bertz CT molecular complexity index is 898. The van der Waals surface area contributed by atoms with Gasteiger partial charge in [-0.05, 0) is 54.8 Å². The molecule has 0 radical (unpaired) electrons. The summed E-state index contributed by atoms with van der Waals surface area (Å²) in [5.74, 6) is 1.57. The van der Waals surface area contributed by atoms with Crippen LogP contribution in [0.1, 0.15) is 45.2 Å². The smallest absolute Gasteiger partial charge is 0.125 e. The monoisotopic (exact) mass is 434 g/mol. The van der Waals surface area contributed by atoms with Crippen molar-refractivity contribution < 1.29 is 4.74 Å². The zero-order chi connectivity index (χ0) is 22.9. The van der Waals surface area contributed by atoms with Gasteiger partial charge in [0.05, 0.1) is 17.9 Å². The van der Waals surface area contributed by atoms with Gasteiger partial charge in [0.25, 0.3) is 0 Å². The maximum atomic E-state index is 9.47. The Balaban J connectivity index is 2.11. The summed E-state index contributed by atoms with van der Waals surface area (Å²) in [7, 11) is -1.90. The summed E-state index contributed by atoms with van der Waals surface area (Å²) >= 11 is 0. The number of likely N-dealkylation sites (N-methyl/N-ethyl adjacent to an activating group) is 1. The Labute approximate surface area is 190 Å². The normalized spacial score (nSPS) is 13.0. The first-order chi connectivity index (χ1) is 14.8. The maximum Gasteiger partial charge on any atom is 0.125 e. The summed E-state index contributed by atoms with van der Waals surface area (Å²) in [6.07, 6.45) is 6.30. The molecule has 2 aromatic rings. The fraction of sp³-hybridized carbons (Fsp3) is 0.444. The van der Waals surface area contributed by atoms with Crippen LogP contribution in [0.15, 0.2) is 60.7 Å². The summed E-state index contributed by atoms with van der Waals surface area (Å²) in [4.78, 5) is 2.53. The number of nitrogens with zero attached hydrogens (tertiary/aromatic N) is 2. The van der Waals surface area contributed by atoms with Crippen molar-refractivity contribution in [3.05, 3.63) is 71.8 Å². The highest BCUT2D eigenvalue weighted by Gasteiger charge is 2.27. The Hall–Kier alpha value is -2.35. The van der Waals surface area contributed by atoms with Crippen LogP contribution in [0.3, 0.4) is 0 Å². The lowest BCUT2D eigenvalue weighted by Crippen LogP contribution is -2.48. The third-order valence-corrected chi connectivity index (χ3v) is 8.42. The van der Waals surface area contributed by atoms with Crippen LogP contribution in [0.5, 0.6) is 5.75 Å². The van der Waals surface area contributed by atoms with Gasteiger partial charge in [0.2, 0.25) is 0 Å². The average Bonchev–Trinajstić information content (AvgIpc) is 2.76. The van der Waals surface area contributed by atoms with Crippen molar-refractivity contribution >= 4 is 13.3 Å². The molecule has 0 saturated carbocycles. The molecular weight excluding hydrogens is 396 g/mol. The molecule has 0 aliphatic rings. The molecule has 3 nitrogen and oxygen atoms in total. The summed E-state index contributed by atoms with van der Waals surface area (Å²) in [5.41, 5.74) is 2.05. The molecule has 166 valence electrons. The van der Waals surface area contributed by atoms with E-state index in [0.29, 0.717) is 18.2 Å². The maximum absolute atomic E-state index is 9.47. The van der Waals surface area contributed by atoms with Crippen LogP contribution in [0, 0.1) is 17.2 Å². The van der Waals surface area contributed by atoms with Crippen LogP contribution >= 0.6 is 0 Å². The van der Waals surface area contributed by atoms with Crippen molar-refractivity contribution in [2.75, 3.05) is 12.8 Å². The van der Waals surface area contributed by atoms with Gasteiger partial charge < -0.3 is 4.74 Å². The lowest BCUT2D eigenvalue weighted by Gasteiger charge is -2.30. The molecule has 1 unspecified atom stereocenters. The molecule has 0 N–H and O–H groups in total. The number of benzene rings is 2. The molecule has 0 saturated heterocycles. The Kier molecular flexibility index (Phi) is 9.55. The molecular formula is C27H38N2OSi. The Morgan fingerprint density at radius 3 is 2.52 bits per heavy atom. The van der Waals surface area contributed by atoms with Gasteiger partial charge in [0.15, 0.2) is 0 Å². The van der Waals surface area contributed by atoms with E-state index in [1.807, 2.05) is 24.3 Å². The van der Waals surface area contributed by atoms with Crippen LogP contribution in [0.4, 0.5) is 0 Å². The van der Waals surface area contributed by atoms with E-state index in [9.17, 15) is 5.26 Å². The van der Waals surface area contributed by atoms with E-state index in [4.69, 9.17) is 4.74 Å². The van der Waals surface area contributed by atoms with Crippen LogP contribution in [-0.2, 0) is 6.54 Å². The fourth-order valence-corrected chi connectivity index (χ4v) is 6.10. The van der Waals surface area contributed by atoms with E-state index in [0.717, 1.165) is 36.0 Å². The second-order valence-electron chi connectivity index (χ2n) is 9.26. The van der Waals surface area contributed by atoms with Gasteiger partial charge in [-0.1, -0.05) is 76.3 Å². The standard InChI is InChI=1S/C27H38N2OSi/c1-7-12-25(17-22(3)4)29(8-2)20-23-13-11-15-26(18-23)30-21-31(5,6)27-16-10-9-14-24(27)19-28/h7,9-16,18,22,25H,8,17,20-21H2,1-6H3/b12-7+. The molecule has 1 atom stereocenters. The third kappa shape index (κ3) is 7.38. The minimum absolute atomic E-state index is 0.452. The Morgan fingerprint density at radius 1 is 1.13 bits per heavy atom. The van der Waals surface area contributed by atoms with Crippen molar-refractivity contribution in [1.82, 2.24) is 4.90 Å². The zero-order valence-corrected chi connectivity index (χ0v) is 21.1. The average molecular weight is 435 g/mol. The SMILES string of the molecule is C/C=C/C(CC(C)C)N(CC)Cc1cccc(OC[Si](C)(C)c2ccccc2C#N)c1. The Morgan fingerprint density at radius 2 is 1.87 bits per heavy atom. The first-order valence-electron chi connectivity index (χ1n) is 11.4. The lowest BCUT2D eigenvalue weighted by atomic mass is 10.0. The molecule has 0 bridgehead atoms. The van der Waals surface area contributed by atoms with Crippen LogP contribution in [0.2, 0.25) is 13.1 Å². The summed E-state index contributed by atoms with van der Waals surface area (Å²) in [6, 6.07) is 19.2. The van der Waals surface area contributed by atoms with Gasteiger partial charge in [-0.25, -0.2) is 0 Å². The molecule has 2 aromatic carbocycles. The van der Waals surface area contributed by atoms with Crippen molar-refractivity contribution in [2.24, 2.45) is 5.92 Å². The van der Waals surface area contributed by atoms with Gasteiger partial charge in [0.1, 0.15) is 13.8 Å². The van der Waals surface area contributed by atoms with Crippen LogP contribution < -0.4 is 9.92 Å². The van der Waals surface area contributed by atoms with E-state index in [-0.39, 0.29) is 0 Å². The second kappa shape index (κ2) is 11.9. The minimum Gasteiger partial charge on any atom is -0.497 e. The number of allylic oxidation sites excluding steroid dienone is 1. The van der Waals surface area contributed by atoms with Gasteiger partial charge in [0, 0.05) is 12.6 Å². The number of rotatable bonds is 11. The molecule has 0 fully saturated rings. The number of hydrogen-bond donors (Lipinski definition) is 0. The topological polar surface area (TPSA) is 36.3 Å². The zero-order valence-electron chi connectivity index (χ0n) is 20.1. The van der Waals surface area contributed by atoms with E-state index in [2.05, 4.69) is 88.2 Å². The predicted molar refractivity (Wildman–Crippen MR) is 134 cm³/mol. The molecule has 4 heteroatoms. The van der Waals surface area contributed by atoms with Crippen molar-refractivity contribution in [1.29, 1.82) is 5.26 Å². The highest BCUT2D eigenvalue weighted by Crippen LogP contribution is 2.20. The van der Waals surface area contributed by atoms with E-state index in [1.54, 1.807) is 0 Å². The minimum atomic E-state index is -1.90. The lowest BCUT2D eigenvalue weighted by molar-refractivity contribution is 0.208. The predicted octanol–water partition coefficient (Wildman–Crippen LogP) is 5.90. The molecule has 0 aliphatic heterocycles. The van der Waals surface area contributed by atoms with E-state index >= 15 is 0 Å². The summed E-state index contributed by atoms with van der Waals surface area (Å²) < 4.78 is 6.27. The van der Waals surface area contributed by atoms with Gasteiger partial charge in [-0.3, -0.25) is 4.90 Å². The van der Waals surface area contributed by atoms with Crippen molar-refractivity contribution in [2.45, 2.75) is 59.8 Å². The first kappa shape index (κ1) is 24.9. The second-order valence-corrected chi connectivity index (χ2v) is 13.9. The van der Waals surface area contributed by atoms with Crippen LogP contribution in [0.25, 0.3) is 0 Å². The number of nitriles is 1. The number of hydrogen-bond acceptors (Lipinski definition) is 3. The molecule has 0 aliphatic carbocycles. The summed E-state index contributed by atoms with van der Waals surface area (Å²) in [5, 5.41) is 10.6. The van der Waals surface area contributed by atoms with Gasteiger partial charge >= 0.3 is 0 Å². The molecule has 2 rings (SSSR count). The number of ether oxygens (including phenoxy) is 1. The highest BCUT2D eigenvalue weighted by molar-refractivity contribution is 6.90. The van der Waals surface area contributed by atoms with E-state index < -0.39 is 8.07 Å². The molecule has 0 heterocycles. The molecule has 0 amide bonds. The van der Waals surface area contributed by atoms with E-state index in [1.165, 1.54) is 5.56 Å². The molecule has 0 aromatic heterocycles. The van der Waals surface area contributed by atoms with Crippen molar-refractivity contribution in [3.8, 4) is 11.8 Å². The molecule has 0 spiro atoms. The van der Waals surface area contributed by atoms with Gasteiger partial charge in [-0.2, -0.15) is 5.26 Å². The summed E-state index contributed by atoms with van der Waals surface area (Å²) in [6.45, 7) is 15.4. The van der Waals surface area contributed by atoms with Crippen molar-refractivity contribution in [3.63, 3.8) is 0 Å². The van der Waals surface area contributed by atoms with Gasteiger partial charge in [-0.15, -0.1) is 0 Å². The third-order valence-electron chi connectivity index (χ3n) is 5.66. The quantitative estimate of drug-likeness (QED) is 0.326. The highest BCUT2D eigenvalue weighted by atomic mass is 28.3. The molecule has 31 heavy (non-hydrogen) atoms.